The normalized spacial score (nSPS) is 15.0. The van der Waals surface area contributed by atoms with Crippen molar-refractivity contribution in [1.29, 1.82) is 0 Å². The molecule has 1 aliphatic rings. The van der Waals surface area contributed by atoms with E-state index in [4.69, 9.17) is 4.98 Å². The summed E-state index contributed by atoms with van der Waals surface area (Å²) in [5.41, 5.74) is 3.88. The highest BCUT2D eigenvalue weighted by Crippen LogP contribution is 2.26. The first kappa shape index (κ1) is 30.6. The molecule has 1 aliphatic heterocycles. The maximum absolute atomic E-state index is 13.7. The van der Waals surface area contributed by atoms with Crippen molar-refractivity contribution in [3.05, 3.63) is 76.8 Å². The average Bonchev–Trinajstić information content (AvgIpc) is 3.64. The summed E-state index contributed by atoms with van der Waals surface area (Å²) in [5, 5.41) is 6.70. The van der Waals surface area contributed by atoms with Crippen LogP contribution in [0.4, 0.5) is 0 Å². The fraction of sp³-hybridized carbons (Fsp3) is 0.455. The van der Waals surface area contributed by atoms with E-state index in [9.17, 15) is 14.4 Å². The predicted molar refractivity (Wildman–Crippen MR) is 166 cm³/mol. The second kappa shape index (κ2) is 15.0. The number of benzene rings is 2. The molecule has 218 valence electrons. The fourth-order valence-electron chi connectivity index (χ4n) is 5.34. The molecule has 1 fully saturated rings. The fourth-order valence-corrected chi connectivity index (χ4v) is 6.45. The van der Waals surface area contributed by atoms with Gasteiger partial charge < -0.3 is 10.6 Å². The topological polar surface area (TPSA) is 91.4 Å². The molecule has 1 aromatic heterocycles. The number of carbonyl (C=O) groups excluding carboxylic acids is 3. The van der Waals surface area contributed by atoms with E-state index < -0.39 is 5.92 Å². The number of rotatable bonds is 15. The lowest BCUT2D eigenvalue weighted by atomic mass is 9.95. The van der Waals surface area contributed by atoms with E-state index in [0.717, 1.165) is 40.3 Å². The van der Waals surface area contributed by atoms with Gasteiger partial charge in [0, 0.05) is 44.5 Å². The average molecular weight is 575 g/mol. The number of amides is 2. The molecular weight excluding hydrogens is 532 g/mol. The Morgan fingerprint density at radius 3 is 2.51 bits per heavy atom. The summed E-state index contributed by atoms with van der Waals surface area (Å²) in [6.07, 6.45) is 5.16. The molecule has 2 aromatic carbocycles. The van der Waals surface area contributed by atoms with E-state index in [0.29, 0.717) is 37.8 Å². The lowest BCUT2D eigenvalue weighted by Gasteiger charge is -2.23. The minimum atomic E-state index is -0.569. The van der Waals surface area contributed by atoms with E-state index in [2.05, 4.69) is 41.2 Å². The highest BCUT2D eigenvalue weighted by atomic mass is 32.1. The van der Waals surface area contributed by atoms with Crippen LogP contribution in [0.3, 0.4) is 0 Å². The number of nitrogens with zero attached hydrogens (tertiary/aromatic N) is 2. The number of hydrogen-bond donors (Lipinski definition) is 2. The number of likely N-dealkylation sites (tertiary alicyclic amines) is 1. The van der Waals surface area contributed by atoms with Gasteiger partial charge in [0.15, 0.2) is 5.78 Å². The molecule has 7 nitrogen and oxygen atoms in total. The number of thiazole rings is 1. The van der Waals surface area contributed by atoms with Gasteiger partial charge in [0.25, 0.3) is 0 Å². The van der Waals surface area contributed by atoms with Crippen molar-refractivity contribution in [3.63, 3.8) is 0 Å². The number of aryl methyl sites for hydroxylation is 1. The Morgan fingerprint density at radius 1 is 1.05 bits per heavy atom. The van der Waals surface area contributed by atoms with Crippen molar-refractivity contribution in [1.82, 2.24) is 20.5 Å². The molecule has 3 aromatic rings. The van der Waals surface area contributed by atoms with Crippen molar-refractivity contribution in [2.45, 2.75) is 64.3 Å². The van der Waals surface area contributed by atoms with Gasteiger partial charge in [-0.3, -0.25) is 19.3 Å². The summed E-state index contributed by atoms with van der Waals surface area (Å²) < 4.78 is 1.09. The molecule has 4 rings (SSSR count). The van der Waals surface area contributed by atoms with E-state index in [1.165, 1.54) is 18.4 Å². The van der Waals surface area contributed by atoms with Gasteiger partial charge in [-0.15, -0.1) is 11.3 Å². The zero-order chi connectivity index (χ0) is 29.2. The Hall–Kier alpha value is -3.36. The van der Waals surface area contributed by atoms with Gasteiger partial charge >= 0.3 is 0 Å². The van der Waals surface area contributed by atoms with Crippen LogP contribution < -0.4 is 10.6 Å². The van der Waals surface area contributed by atoms with E-state index in [1.807, 2.05) is 36.4 Å². The second-order valence-corrected chi connectivity index (χ2v) is 12.1. The summed E-state index contributed by atoms with van der Waals surface area (Å²) in [5.74, 6) is -0.897. The van der Waals surface area contributed by atoms with Crippen LogP contribution in [0.5, 0.6) is 0 Å². The molecular formula is C33H42N4O3S. The lowest BCUT2D eigenvalue weighted by Crippen LogP contribution is -2.42. The van der Waals surface area contributed by atoms with Crippen molar-refractivity contribution in [2.75, 3.05) is 26.7 Å². The van der Waals surface area contributed by atoms with Crippen molar-refractivity contribution in [2.24, 2.45) is 5.92 Å². The molecule has 0 aliphatic carbocycles. The van der Waals surface area contributed by atoms with Gasteiger partial charge in [-0.05, 0) is 68.5 Å². The Balaban J connectivity index is 1.46. The minimum Gasteiger partial charge on any atom is -0.359 e. The van der Waals surface area contributed by atoms with E-state index >= 15 is 0 Å². The SMILES string of the molecule is C=C(CN1CCCC1)C(=O)CC[C@H](Cc1ccccc1)NC(=O)[C@@H](CC(=O)NC)Cc1nc2ccc(CC)cc2s1. The lowest BCUT2D eigenvalue weighted by molar-refractivity contribution is -0.130. The number of hydrogen-bond acceptors (Lipinski definition) is 6. The van der Waals surface area contributed by atoms with Crippen molar-refractivity contribution in [3.8, 4) is 0 Å². The first-order valence-electron chi connectivity index (χ1n) is 14.7. The van der Waals surface area contributed by atoms with Crippen LogP contribution in [-0.4, -0.2) is 60.2 Å². The van der Waals surface area contributed by atoms with Gasteiger partial charge in [-0.25, -0.2) is 4.98 Å². The van der Waals surface area contributed by atoms with Gasteiger partial charge in [-0.2, -0.15) is 0 Å². The number of fused-ring (bicyclic) bond motifs is 1. The molecule has 2 heterocycles. The molecule has 0 radical (unpaired) electrons. The molecule has 41 heavy (non-hydrogen) atoms. The molecule has 2 amide bonds. The highest BCUT2D eigenvalue weighted by Gasteiger charge is 2.26. The number of nitrogens with one attached hydrogen (secondary N) is 2. The first-order chi connectivity index (χ1) is 19.8. The zero-order valence-electron chi connectivity index (χ0n) is 24.3. The first-order valence-corrected chi connectivity index (χ1v) is 15.5. The van der Waals surface area contributed by atoms with Crippen LogP contribution in [0.1, 0.15) is 55.2 Å². The van der Waals surface area contributed by atoms with Crippen molar-refractivity contribution < 1.29 is 14.4 Å². The number of Topliss-reactive ketones (excluding diaryl/α,β-unsaturated/α-hetero) is 1. The zero-order valence-corrected chi connectivity index (χ0v) is 25.1. The summed E-state index contributed by atoms with van der Waals surface area (Å²) >= 11 is 1.58. The third kappa shape index (κ3) is 9.07. The highest BCUT2D eigenvalue weighted by molar-refractivity contribution is 7.18. The summed E-state index contributed by atoms with van der Waals surface area (Å²) in [7, 11) is 1.58. The standard InChI is InChI=1S/C33H42N4O3S/c1-4-24-12-14-28-30(19-24)41-32(36-28)21-26(20-31(39)34-3)33(40)35-27(18-25-10-6-5-7-11-25)13-15-29(38)23(2)22-37-16-8-9-17-37/h5-7,10-12,14,19,26-27H,2,4,8-9,13,15-18,20-22H2,1,3H3,(H,34,39)(H,35,40)/t26-,27+/m0/s1. The Morgan fingerprint density at radius 2 is 1.80 bits per heavy atom. The Bertz CT molecular complexity index is 1350. The number of carbonyl (C=O) groups is 3. The van der Waals surface area contributed by atoms with Crippen LogP contribution >= 0.6 is 11.3 Å². The van der Waals surface area contributed by atoms with Gasteiger partial charge in [0.2, 0.25) is 11.8 Å². The van der Waals surface area contributed by atoms with Crippen LogP contribution in [-0.2, 0) is 33.6 Å². The Labute approximate surface area is 247 Å². The van der Waals surface area contributed by atoms with E-state index in [-0.39, 0.29) is 30.1 Å². The number of ketones is 1. The van der Waals surface area contributed by atoms with Gasteiger partial charge in [-0.1, -0.05) is 49.9 Å². The summed E-state index contributed by atoms with van der Waals surface area (Å²) in [6.45, 7) is 8.82. The third-order valence-corrected chi connectivity index (χ3v) is 8.85. The van der Waals surface area contributed by atoms with Crippen molar-refractivity contribution >= 4 is 39.2 Å². The van der Waals surface area contributed by atoms with Crippen LogP contribution in [0, 0.1) is 5.92 Å². The predicted octanol–water partition coefficient (Wildman–Crippen LogP) is 4.88. The second-order valence-electron chi connectivity index (χ2n) is 11.0. The van der Waals surface area contributed by atoms with Crippen LogP contribution in [0.25, 0.3) is 10.2 Å². The molecule has 2 atom stereocenters. The molecule has 0 saturated carbocycles. The summed E-state index contributed by atoms with van der Waals surface area (Å²) in [4.78, 5) is 46.1. The molecule has 1 saturated heterocycles. The smallest absolute Gasteiger partial charge is 0.224 e. The largest absolute Gasteiger partial charge is 0.359 e. The third-order valence-electron chi connectivity index (χ3n) is 7.81. The molecule has 0 unspecified atom stereocenters. The van der Waals surface area contributed by atoms with Crippen LogP contribution in [0.2, 0.25) is 0 Å². The number of aromatic nitrogens is 1. The summed E-state index contributed by atoms with van der Waals surface area (Å²) in [6, 6.07) is 16.0. The molecule has 0 bridgehead atoms. The maximum Gasteiger partial charge on any atom is 0.224 e. The van der Waals surface area contributed by atoms with Gasteiger partial charge in [0.05, 0.1) is 21.1 Å². The monoisotopic (exact) mass is 574 g/mol. The maximum atomic E-state index is 13.7. The van der Waals surface area contributed by atoms with E-state index in [1.54, 1.807) is 18.4 Å². The Kier molecular flexibility index (Phi) is 11.2. The molecule has 8 heteroatoms. The quantitative estimate of drug-likeness (QED) is 0.253. The molecule has 2 N–H and O–H groups in total. The minimum absolute atomic E-state index is 0.0482. The van der Waals surface area contributed by atoms with Crippen LogP contribution in [0.15, 0.2) is 60.7 Å². The van der Waals surface area contributed by atoms with Gasteiger partial charge in [0.1, 0.15) is 0 Å². The molecule has 0 spiro atoms.